The summed E-state index contributed by atoms with van der Waals surface area (Å²) in [7, 11) is 3.76. The van der Waals surface area contributed by atoms with E-state index in [9.17, 15) is 0 Å². The summed E-state index contributed by atoms with van der Waals surface area (Å²) < 4.78 is 6.40. The van der Waals surface area contributed by atoms with E-state index >= 15 is 0 Å². The lowest BCUT2D eigenvalue weighted by Crippen LogP contribution is -2.46. The van der Waals surface area contributed by atoms with Crippen LogP contribution in [0.5, 0.6) is 5.75 Å². The summed E-state index contributed by atoms with van der Waals surface area (Å²) in [5.74, 6) is 0.905. The minimum atomic E-state index is 0.551. The van der Waals surface area contributed by atoms with Gasteiger partial charge in [0.1, 0.15) is 5.75 Å². The van der Waals surface area contributed by atoms with Crippen molar-refractivity contribution < 1.29 is 4.74 Å². The van der Waals surface area contributed by atoms with E-state index in [0.717, 1.165) is 16.8 Å². The summed E-state index contributed by atoms with van der Waals surface area (Å²) in [5.41, 5.74) is 1.24. The highest BCUT2D eigenvalue weighted by atomic mass is 79.9. The van der Waals surface area contributed by atoms with Crippen LogP contribution in [0.25, 0.3) is 0 Å². The lowest BCUT2D eigenvalue weighted by molar-refractivity contribution is 0.385. The van der Waals surface area contributed by atoms with E-state index in [4.69, 9.17) is 4.74 Å². The molecule has 3 nitrogen and oxygen atoms in total. The van der Waals surface area contributed by atoms with E-state index in [1.54, 1.807) is 7.11 Å². The molecule has 2 atom stereocenters. The molecule has 1 aliphatic rings. The van der Waals surface area contributed by atoms with Gasteiger partial charge < -0.3 is 15.0 Å². The Labute approximate surface area is 118 Å². The maximum absolute atomic E-state index is 5.34. The van der Waals surface area contributed by atoms with Crippen molar-refractivity contribution in [3.63, 3.8) is 0 Å². The molecule has 1 N–H and O–H groups in total. The highest BCUT2D eigenvalue weighted by Gasteiger charge is 2.24. The van der Waals surface area contributed by atoms with Gasteiger partial charge in [-0.3, -0.25) is 0 Å². The number of rotatable bonds is 3. The van der Waals surface area contributed by atoms with Crippen LogP contribution in [0.2, 0.25) is 0 Å². The fourth-order valence-electron chi connectivity index (χ4n) is 2.65. The molecule has 18 heavy (non-hydrogen) atoms. The Morgan fingerprint density at radius 2 is 2.17 bits per heavy atom. The standard InChI is InChI=1S/C14H21BrN2O/c1-10-6-12(16-2)4-5-17(10)13-7-11(15)8-14(9-13)18-3/h7-10,12,16H,4-6H2,1-3H3. The number of benzene rings is 1. The predicted molar refractivity (Wildman–Crippen MR) is 79.6 cm³/mol. The molecule has 1 fully saturated rings. The Bertz CT molecular complexity index is 411. The van der Waals surface area contributed by atoms with Crippen LogP contribution >= 0.6 is 15.9 Å². The number of hydrogen-bond donors (Lipinski definition) is 1. The molecule has 1 aliphatic heterocycles. The molecule has 0 aliphatic carbocycles. The zero-order valence-corrected chi connectivity index (χ0v) is 12.8. The fourth-order valence-corrected chi connectivity index (χ4v) is 3.11. The zero-order valence-electron chi connectivity index (χ0n) is 11.2. The lowest BCUT2D eigenvalue weighted by atomic mass is 9.98. The maximum atomic E-state index is 5.34. The van der Waals surface area contributed by atoms with Crippen LogP contribution in [0.15, 0.2) is 22.7 Å². The van der Waals surface area contributed by atoms with E-state index in [2.05, 4.69) is 52.3 Å². The van der Waals surface area contributed by atoms with Crippen LogP contribution in [-0.2, 0) is 0 Å². The van der Waals surface area contributed by atoms with Gasteiger partial charge in [-0.1, -0.05) is 15.9 Å². The largest absolute Gasteiger partial charge is 0.497 e. The van der Waals surface area contributed by atoms with E-state index in [1.165, 1.54) is 18.5 Å². The average Bonchev–Trinajstić information content (AvgIpc) is 2.37. The number of piperidine rings is 1. The SMILES string of the molecule is CNC1CCN(c2cc(Br)cc(OC)c2)C(C)C1. The van der Waals surface area contributed by atoms with Crippen LogP contribution in [-0.4, -0.2) is 32.8 Å². The van der Waals surface area contributed by atoms with Crippen molar-refractivity contribution in [2.75, 3.05) is 25.6 Å². The van der Waals surface area contributed by atoms with Gasteiger partial charge in [0.15, 0.2) is 0 Å². The number of ether oxygens (including phenoxy) is 1. The highest BCUT2D eigenvalue weighted by molar-refractivity contribution is 9.10. The van der Waals surface area contributed by atoms with Crippen molar-refractivity contribution in [1.29, 1.82) is 0 Å². The first-order chi connectivity index (χ1) is 8.63. The third-order valence-electron chi connectivity index (χ3n) is 3.71. The van der Waals surface area contributed by atoms with Crippen LogP contribution in [0, 0.1) is 0 Å². The summed E-state index contributed by atoms with van der Waals surface area (Å²) in [4.78, 5) is 2.46. The predicted octanol–water partition coefficient (Wildman–Crippen LogP) is 3.03. The lowest BCUT2D eigenvalue weighted by Gasteiger charge is -2.39. The molecule has 1 aromatic carbocycles. The zero-order chi connectivity index (χ0) is 13.1. The molecule has 1 heterocycles. The van der Waals surface area contributed by atoms with Gasteiger partial charge in [-0.15, -0.1) is 0 Å². The van der Waals surface area contributed by atoms with Gasteiger partial charge in [-0.25, -0.2) is 0 Å². The van der Waals surface area contributed by atoms with Crippen LogP contribution < -0.4 is 15.0 Å². The monoisotopic (exact) mass is 312 g/mol. The minimum absolute atomic E-state index is 0.551. The maximum Gasteiger partial charge on any atom is 0.122 e. The van der Waals surface area contributed by atoms with Crippen molar-refractivity contribution in [2.24, 2.45) is 0 Å². The Balaban J connectivity index is 2.18. The first-order valence-corrected chi connectivity index (χ1v) is 7.22. The molecule has 0 amide bonds. The third-order valence-corrected chi connectivity index (χ3v) is 4.17. The fraction of sp³-hybridized carbons (Fsp3) is 0.571. The number of methoxy groups -OCH3 is 1. The van der Waals surface area contributed by atoms with Gasteiger partial charge in [0, 0.05) is 34.9 Å². The summed E-state index contributed by atoms with van der Waals surface area (Å²) in [6, 6.07) is 7.47. The van der Waals surface area contributed by atoms with Gasteiger partial charge in [-0.05, 0) is 38.9 Å². The highest BCUT2D eigenvalue weighted by Crippen LogP contribution is 2.31. The second-order valence-electron chi connectivity index (χ2n) is 4.90. The van der Waals surface area contributed by atoms with Crippen molar-refractivity contribution >= 4 is 21.6 Å². The molecule has 0 bridgehead atoms. The number of anilines is 1. The Morgan fingerprint density at radius 3 is 2.78 bits per heavy atom. The summed E-state index contributed by atoms with van der Waals surface area (Å²) in [6.07, 6.45) is 2.38. The van der Waals surface area contributed by atoms with Crippen molar-refractivity contribution in [3.8, 4) is 5.75 Å². The van der Waals surface area contributed by atoms with Crippen LogP contribution in [0.3, 0.4) is 0 Å². The van der Waals surface area contributed by atoms with Crippen molar-refractivity contribution in [1.82, 2.24) is 5.32 Å². The number of nitrogens with one attached hydrogen (secondary N) is 1. The number of hydrogen-bond acceptors (Lipinski definition) is 3. The van der Waals surface area contributed by atoms with Crippen LogP contribution in [0.1, 0.15) is 19.8 Å². The summed E-state index contributed by atoms with van der Waals surface area (Å²) in [6.45, 7) is 3.38. The van der Waals surface area contributed by atoms with Gasteiger partial charge in [-0.2, -0.15) is 0 Å². The molecule has 1 aromatic rings. The van der Waals surface area contributed by atoms with E-state index in [1.807, 2.05) is 6.07 Å². The first-order valence-electron chi connectivity index (χ1n) is 6.42. The Hall–Kier alpha value is -0.740. The summed E-state index contributed by atoms with van der Waals surface area (Å²) in [5, 5.41) is 3.38. The molecule has 0 spiro atoms. The van der Waals surface area contributed by atoms with E-state index in [0.29, 0.717) is 12.1 Å². The number of nitrogens with zero attached hydrogens (tertiary/aromatic N) is 1. The first kappa shape index (κ1) is 13.7. The molecule has 0 radical (unpaired) electrons. The molecule has 0 saturated carbocycles. The normalized spacial score (nSPS) is 24.1. The molecule has 1 saturated heterocycles. The van der Waals surface area contributed by atoms with Gasteiger partial charge >= 0.3 is 0 Å². The Morgan fingerprint density at radius 1 is 1.39 bits per heavy atom. The topological polar surface area (TPSA) is 24.5 Å². The van der Waals surface area contributed by atoms with Crippen molar-refractivity contribution in [2.45, 2.75) is 31.8 Å². The molecule has 4 heteroatoms. The molecule has 2 unspecified atom stereocenters. The average molecular weight is 313 g/mol. The van der Waals surface area contributed by atoms with Gasteiger partial charge in [0.2, 0.25) is 0 Å². The van der Waals surface area contributed by atoms with E-state index in [-0.39, 0.29) is 0 Å². The molecular weight excluding hydrogens is 292 g/mol. The molecule has 100 valence electrons. The molecule has 2 rings (SSSR count). The second kappa shape index (κ2) is 5.93. The molecular formula is C14H21BrN2O. The molecule has 0 aromatic heterocycles. The van der Waals surface area contributed by atoms with Gasteiger partial charge in [0.25, 0.3) is 0 Å². The van der Waals surface area contributed by atoms with Crippen molar-refractivity contribution in [3.05, 3.63) is 22.7 Å². The second-order valence-corrected chi connectivity index (χ2v) is 5.82. The minimum Gasteiger partial charge on any atom is -0.497 e. The Kier molecular flexibility index (Phi) is 4.51. The van der Waals surface area contributed by atoms with Crippen LogP contribution in [0.4, 0.5) is 5.69 Å². The summed E-state index contributed by atoms with van der Waals surface area (Å²) >= 11 is 3.55. The third kappa shape index (κ3) is 2.98. The number of halogens is 1. The van der Waals surface area contributed by atoms with E-state index < -0.39 is 0 Å². The quantitative estimate of drug-likeness (QED) is 0.928. The van der Waals surface area contributed by atoms with Gasteiger partial charge in [0.05, 0.1) is 7.11 Å². The smallest absolute Gasteiger partial charge is 0.122 e.